The molecular formula is C22H26FNO4S. The zero-order chi connectivity index (χ0) is 21.0. The Hall–Kier alpha value is -2.41. The van der Waals surface area contributed by atoms with E-state index in [1.165, 1.54) is 12.1 Å². The summed E-state index contributed by atoms with van der Waals surface area (Å²) < 4.78 is 43.7. The lowest BCUT2D eigenvalue weighted by atomic mass is 10.1. The van der Waals surface area contributed by atoms with Crippen LogP contribution in [0.4, 0.5) is 4.39 Å². The van der Waals surface area contributed by atoms with Crippen LogP contribution in [-0.2, 0) is 21.5 Å². The summed E-state index contributed by atoms with van der Waals surface area (Å²) in [4.78, 5) is 14.4. The molecule has 0 spiro atoms. The lowest BCUT2D eigenvalue weighted by Crippen LogP contribution is -2.33. The first-order valence-corrected chi connectivity index (χ1v) is 11.2. The lowest BCUT2D eigenvalue weighted by Gasteiger charge is -2.24. The van der Waals surface area contributed by atoms with Gasteiger partial charge in [0.1, 0.15) is 16.5 Å². The maximum Gasteiger partial charge on any atom is 0.339 e. The number of hydrogen-bond acceptors (Lipinski definition) is 4. The van der Waals surface area contributed by atoms with Crippen LogP contribution in [0.5, 0.6) is 5.75 Å². The average molecular weight is 420 g/mol. The predicted octanol–water partition coefficient (Wildman–Crippen LogP) is 4.38. The van der Waals surface area contributed by atoms with Gasteiger partial charge in [0.15, 0.2) is 0 Å². The van der Waals surface area contributed by atoms with Crippen LogP contribution in [0.3, 0.4) is 0 Å². The van der Waals surface area contributed by atoms with Gasteiger partial charge >= 0.3 is 10.1 Å². The molecule has 1 aliphatic carbocycles. The first-order chi connectivity index (χ1) is 13.7. The summed E-state index contributed by atoms with van der Waals surface area (Å²) in [6.45, 7) is 4.96. The van der Waals surface area contributed by atoms with Gasteiger partial charge in [-0.15, -0.1) is 0 Å². The lowest BCUT2D eigenvalue weighted by molar-refractivity contribution is -0.132. The highest BCUT2D eigenvalue weighted by Crippen LogP contribution is 2.32. The van der Waals surface area contributed by atoms with Gasteiger partial charge in [-0.2, -0.15) is 8.42 Å². The van der Waals surface area contributed by atoms with Crippen molar-refractivity contribution in [2.75, 3.05) is 6.54 Å². The second-order valence-electron chi connectivity index (χ2n) is 7.91. The van der Waals surface area contributed by atoms with E-state index in [1.54, 1.807) is 29.2 Å². The smallest absolute Gasteiger partial charge is 0.339 e. The molecule has 0 heterocycles. The third-order valence-electron chi connectivity index (χ3n) is 4.75. The molecule has 2 aromatic rings. The quantitative estimate of drug-likeness (QED) is 0.566. The number of rotatable bonds is 9. The monoisotopic (exact) mass is 419 g/mol. The van der Waals surface area contributed by atoms with Gasteiger partial charge in [0.2, 0.25) is 5.91 Å². The Kier molecular flexibility index (Phi) is 6.57. The van der Waals surface area contributed by atoms with Crippen LogP contribution in [0.1, 0.15) is 38.7 Å². The molecule has 3 rings (SSSR count). The summed E-state index contributed by atoms with van der Waals surface area (Å²) in [6, 6.07) is 11.3. The molecule has 1 fully saturated rings. The fourth-order valence-corrected chi connectivity index (χ4v) is 4.00. The zero-order valence-corrected chi connectivity index (χ0v) is 17.5. The Morgan fingerprint density at radius 2 is 1.79 bits per heavy atom. The Labute approximate surface area is 171 Å². The summed E-state index contributed by atoms with van der Waals surface area (Å²) in [5.41, 5.74) is 0.621. The van der Waals surface area contributed by atoms with E-state index in [4.69, 9.17) is 4.18 Å². The van der Waals surface area contributed by atoms with E-state index < -0.39 is 15.9 Å². The highest BCUT2D eigenvalue weighted by molar-refractivity contribution is 7.87. The van der Waals surface area contributed by atoms with Crippen LogP contribution in [0.25, 0.3) is 0 Å². The molecule has 2 aromatic carbocycles. The van der Waals surface area contributed by atoms with Gasteiger partial charge in [0.25, 0.3) is 0 Å². The number of benzene rings is 2. The zero-order valence-electron chi connectivity index (χ0n) is 16.7. The number of amides is 1. The van der Waals surface area contributed by atoms with E-state index in [1.807, 2.05) is 13.8 Å². The van der Waals surface area contributed by atoms with Crippen LogP contribution in [0.15, 0.2) is 53.4 Å². The van der Waals surface area contributed by atoms with Crippen molar-refractivity contribution in [3.8, 4) is 5.75 Å². The highest BCUT2D eigenvalue weighted by Gasteiger charge is 2.28. The Morgan fingerprint density at radius 3 is 2.41 bits per heavy atom. The summed E-state index contributed by atoms with van der Waals surface area (Å²) >= 11 is 0. The molecule has 5 nitrogen and oxygen atoms in total. The normalized spacial score (nSPS) is 14.1. The Balaban J connectivity index is 1.81. The Bertz CT molecular complexity index is 953. The maximum atomic E-state index is 13.1. The Morgan fingerprint density at radius 1 is 1.14 bits per heavy atom. The van der Waals surface area contributed by atoms with E-state index in [9.17, 15) is 17.6 Å². The number of hydrogen-bond donors (Lipinski definition) is 0. The second-order valence-corrected chi connectivity index (χ2v) is 9.46. The van der Waals surface area contributed by atoms with Crippen molar-refractivity contribution in [2.24, 2.45) is 11.8 Å². The minimum absolute atomic E-state index is 0.0584. The molecule has 0 aliphatic heterocycles. The SMILES string of the molecule is CC(C)CC(=O)N(Cc1ccccc1OS(=O)(=O)c1ccc(F)cc1)CC1CC1. The first-order valence-electron chi connectivity index (χ1n) is 9.80. The minimum Gasteiger partial charge on any atom is -0.379 e. The molecule has 0 bridgehead atoms. The van der Waals surface area contributed by atoms with Crippen LogP contribution >= 0.6 is 0 Å². The fourth-order valence-electron chi connectivity index (χ4n) is 3.03. The molecule has 7 heteroatoms. The molecule has 156 valence electrons. The number of carbonyl (C=O) groups excluding carboxylic acids is 1. The van der Waals surface area contributed by atoms with Crippen molar-refractivity contribution in [1.82, 2.24) is 4.90 Å². The summed E-state index contributed by atoms with van der Waals surface area (Å²) in [5, 5.41) is 0. The molecule has 0 N–H and O–H groups in total. The largest absolute Gasteiger partial charge is 0.379 e. The highest BCUT2D eigenvalue weighted by atomic mass is 32.2. The van der Waals surface area contributed by atoms with E-state index in [0.29, 0.717) is 24.4 Å². The first kappa shape index (κ1) is 21.3. The molecule has 0 atom stereocenters. The average Bonchev–Trinajstić information content (AvgIpc) is 3.46. The van der Waals surface area contributed by atoms with Crippen LogP contribution in [0.2, 0.25) is 0 Å². The van der Waals surface area contributed by atoms with Crippen molar-refractivity contribution in [2.45, 2.75) is 44.6 Å². The van der Waals surface area contributed by atoms with Crippen LogP contribution in [-0.4, -0.2) is 25.8 Å². The molecular weight excluding hydrogens is 393 g/mol. The van der Waals surface area contributed by atoms with Crippen molar-refractivity contribution in [1.29, 1.82) is 0 Å². The van der Waals surface area contributed by atoms with Crippen LogP contribution < -0.4 is 4.18 Å². The molecule has 1 saturated carbocycles. The fraction of sp³-hybridized carbons (Fsp3) is 0.409. The molecule has 1 amide bonds. The van der Waals surface area contributed by atoms with Gasteiger partial charge in [-0.1, -0.05) is 32.0 Å². The molecule has 0 unspecified atom stereocenters. The van der Waals surface area contributed by atoms with Gasteiger partial charge in [0.05, 0.1) is 0 Å². The van der Waals surface area contributed by atoms with Gasteiger partial charge in [0, 0.05) is 25.1 Å². The molecule has 0 saturated heterocycles. The molecule has 0 aromatic heterocycles. The van der Waals surface area contributed by atoms with Gasteiger partial charge in [-0.05, 0) is 55.0 Å². The van der Waals surface area contributed by atoms with Gasteiger partial charge in [-0.3, -0.25) is 4.79 Å². The molecule has 29 heavy (non-hydrogen) atoms. The molecule has 1 aliphatic rings. The van der Waals surface area contributed by atoms with Crippen molar-refractivity contribution in [3.05, 3.63) is 59.9 Å². The number of para-hydroxylation sites is 1. The predicted molar refractivity (Wildman–Crippen MR) is 108 cm³/mol. The topological polar surface area (TPSA) is 63.7 Å². The van der Waals surface area contributed by atoms with Crippen LogP contribution in [0, 0.1) is 17.7 Å². The summed E-state index contributed by atoms with van der Waals surface area (Å²) in [6.07, 6.45) is 2.68. The number of halogens is 1. The maximum absolute atomic E-state index is 13.1. The van der Waals surface area contributed by atoms with Crippen molar-refractivity contribution >= 4 is 16.0 Å². The number of nitrogens with zero attached hydrogens (tertiary/aromatic N) is 1. The number of carbonyl (C=O) groups is 1. The van der Waals surface area contributed by atoms with E-state index in [0.717, 1.165) is 25.0 Å². The minimum atomic E-state index is -4.11. The van der Waals surface area contributed by atoms with Crippen molar-refractivity contribution in [3.63, 3.8) is 0 Å². The standard InChI is InChI=1S/C22H26FNO4S/c1-16(2)13-22(25)24(14-17-7-8-17)15-18-5-3-4-6-21(18)28-29(26,27)20-11-9-19(23)10-12-20/h3-6,9-12,16-17H,7-8,13-15H2,1-2H3. The third-order valence-corrected chi connectivity index (χ3v) is 6.00. The van der Waals surface area contributed by atoms with Crippen molar-refractivity contribution < 1.29 is 21.8 Å². The van der Waals surface area contributed by atoms with E-state index in [-0.39, 0.29) is 29.0 Å². The summed E-state index contributed by atoms with van der Waals surface area (Å²) in [7, 11) is -4.11. The van der Waals surface area contributed by atoms with E-state index in [2.05, 4.69) is 0 Å². The van der Waals surface area contributed by atoms with Gasteiger partial charge < -0.3 is 9.08 Å². The second kappa shape index (κ2) is 8.95. The molecule has 0 radical (unpaired) electrons. The third kappa shape index (κ3) is 6.03. The van der Waals surface area contributed by atoms with Gasteiger partial charge in [-0.25, -0.2) is 4.39 Å². The summed E-state index contributed by atoms with van der Waals surface area (Å²) in [5.74, 6) is 0.471. The van der Waals surface area contributed by atoms with E-state index >= 15 is 0 Å².